The van der Waals surface area contributed by atoms with Crippen molar-refractivity contribution < 1.29 is 9.53 Å². The Morgan fingerprint density at radius 2 is 1.84 bits per heavy atom. The number of ether oxygens (including phenoxy) is 1. The second kappa shape index (κ2) is 7.61. The molecule has 0 atom stereocenters. The number of nitrogens with zero attached hydrogens (tertiary/aromatic N) is 4. The molecule has 0 fully saturated rings. The molecule has 0 aliphatic carbocycles. The molecule has 6 nitrogen and oxygen atoms in total. The molecule has 1 amide bonds. The van der Waals surface area contributed by atoms with Crippen LogP contribution in [0.3, 0.4) is 0 Å². The van der Waals surface area contributed by atoms with E-state index in [2.05, 4.69) is 10.1 Å². The standard InChI is InChI=1S/C19H20N4O2/c1-22(12-16-11-21-23(2)13-16)19(24)17-3-5-18(6-4-17)25-14-15-7-9-20-10-8-15/h3-11,13H,12,14H2,1-2H3. The fourth-order valence-corrected chi connectivity index (χ4v) is 2.46. The van der Waals surface area contributed by atoms with Crippen molar-refractivity contribution in [2.45, 2.75) is 13.2 Å². The molecule has 2 heterocycles. The normalized spacial score (nSPS) is 10.5. The van der Waals surface area contributed by atoms with Gasteiger partial charge in [0.25, 0.3) is 5.91 Å². The molecule has 0 radical (unpaired) electrons. The fourth-order valence-electron chi connectivity index (χ4n) is 2.46. The Kier molecular flexibility index (Phi) is 5.09. The van der Waals surface area contributed by atoms with Crippen LogP contribution >= 0.6 is 0 Å². The Morgan fingerprint density at radius 3 is 2.48 bits per heavy atom. The second-order valence-corrected chi connectivity index (χ2v) is 5.85. The van der Waals surface area contributed by atoms with Crippen molar-refractivity contribution >= 4 is 5.91 Å². The summed E-state index contributed by atoms with van der Waals surface area (Å²) in [5, 5.41) is 4.12. The third kappa shape index (κ3) is 4.44. The molecule has 6 heteroatoms. The molecule has 3 aromatic rings. The molecular weight excluding hydrogens is 316 g/mol. The van der Waals surface area contributed by atoms with Gasteiger partial charge in [-0.1, -0.05) is 0 Å². The van der Waals surface area contributed by atoms with E-state index in [0.29, 0.717) is 18.7 Å². The summed E-state index contributed by atoms with van der Waals surface area (Å²) in [6.07, 6.45) is 7.14. The number of pyridine rings is 1. The van der Waals surface area contributed by atoms with Crippen LogP contribution in [-0.4, -0.2) is 32.6 Å². The average molecular weight is 336 g/mol. The molecule has 0 aliphatic heterocycles. The Labute approximate surface area is 146 Å². The van der Waals surface area contributed by atoms with Gasteiger partial charge < -0.3 is 9.64 Å². The molecule has 0 saturated carbocycles. The molecule has 0 saturated heterocycles. The van der Waals surface area contributed by atoms with Gasteiger partial charge in [0, 0.05) is 50.4 Å². The number of carbonyl (C=O) groups is 1. The van der Waals surface area contributed by atoms with Crippen LogP contribution in [0.2, 0.25) is 0 Å². The van der Waals surface area contributed by atoms with Crippen LogP contribution in [0.4, 0.5) is 0 Å². The van der Waals surface area contributed by atoms with Crippen LogP contribution in [0.15, 0.2) is 61.2 Å². The summed E-state index contributed by atoms with van der Waals surface area (Å²) >= 11 is 0. The zero-order valence-electron chi connectivity index (χ0n) is 14.3. The van der Waals surface area contributed by atoms with E-state index < -0.39 is 0 Å². The van der Waals surface area contributed by atoms with Gasteiger partial charge in [0.2, 0.25) is 0 Å². The number of hydrogen-bond acceptors (Lipinski definition) is 4. The number of rotatable bonds is 6. The Hall–Kier alpha value is -3.15. The Bertz CT molecular complexity index is 828. The van der Waals surface area contributed by atoms with Crippen molar-refractivity contribution in [1.82, 2.24) is 19.7 Å². The van der Waals surface area contributed by atoms with Gasteiger partial charge in [-0.15, -0.1) is 0 Å². The topological polar surface area (TPSA) is 60.2 Å². The molecule has 1 aromatic carbocycles. The monoisotopic (exact) mass is 336 g/mol. The Morgan fingerprint density at radius 1 is 1.12 bits per heavy atom. The van der Waals surface area contributed by atoms with E-state index in [-0.39, 0.29) is 5.91 Å². The summed E-state index contributed by atoms with van der Waals surface area (Å²) in [6, 6.07) is 11.0. The maximum atomic E-state index is 12.5. The highest BCUT2D eigenvalue weighted by molar-refractivity contribution is 5.94. The van der Waals surface area contributed by atoms with Gasteiger partial charge in [-0.25, -0.2) is 0 Å². The zero-order valence-corrected chi connectivity index (χ0v) is 14.3. The van der Waals surface area contributed by atoms with Gasteiger partial charge in [0.15, 0.2) is 0 Å². The van der Waals surface area contributed by atoms with E-state index >= 15 is 0 Å². The number of hydrogen-bond donors (Lipinski definition) is 0. The quantitative estimate of drug-likeness (QED) is 0.694. The Balaban J connectivity index is 1.58. The molecule has 0 unspecified atom stereocenters. The third-order valence-electron chi connectivity index (χ3n) is 3.78. The van der Waals surface area contributed by atoms with Crippen molar-refractivity contribution in [1.29, 1.82) is 0 Å². The number of benzene rings is 1. The average Bonchev–Trinajstić information content (AvgIpc) is 3.05. The van der Waals surface area contributed by atoms with E-state index in [4.69, 9.17) is 4.74 Å². The van der Waals surface area contributed by atoms with E-state index in [1.165, 1.54) is 0 Å². The number of amides is 1. The lowest BCUT2D eigenvalue weighted by Crippen LogP contribution is -2.25. The van der Waals surface area contributed by atoms with E-state index in [9.17, 15) is 4.79 Å². The molecule has 0 aliphatic rings. The number of aromatic nitrogens is 3. The summed E-state index contributed by atoms with van der Waals surface area (Å²) in [5.41, 5.74) is 2.67. The molecule has 0 N–H and O–H groups in total. The fraction of sp³-hybridized carbons (Fsp3) is 0.211. The largest absolute Gasteiger partial charge is 0.489 e. The summed E-state index contributed by atoms with van der Waals surface area (Å²) < 4.78 is 7.45. The molecule has 2 aromatic heterocycles. The van der Waals surface area contributed by atoms with E-state index in [1.807, 2.05) is 37.5 Å². The highest BCUT2D eigenvalue weighted by Gasteiger charge is 2.13. The van der Waals surface area contributed by atoms with E-state index in [1.54, 1.807) is 47.4 Å². The second-order valence-electron chi connectivity index (χ2n) is 5.85. The van der Waals surface area contributed by atoms with Crippen LogP contribution in [-0.2, 0) is 20.2 Å². The van der Waals surface area contributed by atoms with Gasteiger partial charge in [-0.2, -0.15) is 5.10 Å². The minimum absolute atomic E-state index is 0.0375. The smallest absolute Gasteiger partial charge is 0.253 e. The van der Waals surface area contributed by atoms with Gasteiger partial charge in [-0.05, 0) is 42.0 Å². The molecule has 3 rings (SSSR count). The van der Waals surface area contributed by atoms with Gasteiger partial charge in [0.05, 0.1) is 6.20 Å². The molecule has 0 bridgehead atoms. The van der Waals surface area contributed by atoms with E-state index in [0.717, 1.165) is 16.9 Å². The van der Waals surface area contributed by atoms with Crippen molar-refractivity contribution in [2.75, 3.05) is 7.05 Å². The number of carbonyl (C=O) groups excluding carboxylic acids is 1. The van der Waals surface area contributed by atoms with Gasteiger partial charge in [0.1, 0.15) is 12.4 Å². The van der Waals surface area contributed by atoms with Crippen molar-refractivity contribution in [2.24, 2.45) is 7.05 Å². The number of aryl methyl sites for hydroxylation is 1. The maximum absolute atomic E-state index is 12.5. The van der Waals surface area contributed by atoms with Gasteiger partial charge >= 0.3 is 0 Å². The van der Waals surface area contributed by atoms with Crippen LogP contribution < -0.4 is 4.74 Å². The lowest BCUT2D eigenvalue weighted by Gasteiger charge is -2.16. The van der Waals surface area contributed by atoms with Gasteiger partial charge in [-0.3, -0.25) is 14.5 Å². The first-order valence-electron chi connectivity index (χ1n) is 7.96. The SMILES string of the molecule is CN(Cc1cnn(C)c1)C(=O)c1ccc(OCc2ccncc2)cc1. The minimum atomic E-state index is -0.0375. The van der Waals surface area contributed by atoms with Crippen LogP contribution in [0.1, 0.15) is 21.5 Å². The highest BCUT2D eigenvalue weighted by Crippen LogP contribution is 2.16. The van der Waals surface area contributed by atoms with Crippen LogP contribution in [0.25, 0.3) is 0 Å². The zero-order chi connectivity index (χ0) is 17.6. The highest BCUT2D eigenvalue weighted by atomic mass is 16.5. The lowest BCUT2D eigenvalue weighted by atomic mass is 10.2. The predicted octanol–water partition coefficient (Wildman–Crippen LogP) is 2.67. The minimum Gasteiger partial charge on any atom is -0.489 e. The first kappa shape index (κ1) is 16.7. The van der Waals surface area contributed by atoms with Crippen molar-refractivity contribution in [3.05, 3.63) is 77.9 Å². The summed E-state index contributed by atoms with van der Waals surface area (Å²) in [4.78, 5) is 18.1. The first-order chi connectivity index (χ1) is 12.1. The van der Waals surface area contributed by atoms with Crippen molar-refractivity contribution in [3.63, 3.8) is 0 Å². The third-order valence-corrected chi connectivity index (χ3v) is 3.78. The van der Waals surface area contributed by atoms with Crippen molar-refractivity contribution in [3.8, 4) is 5.75 Å². The predicted molar refractivity (Wildman–Crippen MR) is 94.0 cm³/mol. The molecule has 128 valence electrons. The molecule has 25 heavy (non-hydrogen) atoms. The maximum Gasteiger partial charge on any atom is 0.253 e. The molecule has 0 spiro atoms. The van der Waals surface area contributed by atoms with Crippen LogP contribution in [0.5, 0.6) is 5.75 Å². The first-order valence-corrected chi connectivity index (χ1v) is 7.96. The summed E-state index contributed by atoms with van der Waals surface area (Å²) in [7, 11) is 3.64. The summed E-state index contributed by atoms with van der Waals surface area (Å²) in [5.74, 6) is 0.688. The summed E-state index contributed by atoms with van der Waals surface area (Å²) in [6.45, 7) is 0.990. The molecular formula is C19H20N4O2. The van der Waals surface area contributed by atoms with Crippen LogP contribution in [0, 0.1) is 0 Å². The lowest BCUT2D eigenvalue weighted by molar-refractivity contribution is 0.0785.